The highest BCUT2D eigenvalue weighted by Crippen LogP contribution is 2.41. The number of thioether (sulfide) groups is 1. The van der Waals surface area contributed by atoms with E-state index in [4.69, 9.17) is 90.0 Å². The molecule has 150 heavy (non-hydrogen) atoms. The van der Waals surface area contributed by atoms with E-state index in [0.29, 0.717) is 0 Å². The highest BCUT2D eigenvalue weighted by Gasteiger charge is 2.58. The van der Waals surface area contributed by atoms with E-state index in [9.17, 15) is 88.2 Å². The summed E-state index contributed by atoms with van der Waals surface area (Å²) < 4.78 is 114. The molecule has 19 atom stereocenters. The number of ether oxygens (including phenoxy) is 19. The van der Waals surface area contributed by atoms with Crippen LogP contribution in [0.1, 0.15) is 275 Å². The summed E-state index contributed by atoms with van der Waals surface area (Å²) >= 11 is 5.39. The number of carbonyl (C=O) groups excluding carboxylic acids is 12. The quantitative estimate of drug-likeness (QED) is 0.0149. The molecular weight excluding hydrogens is 2020 g/mol. The third-order valence-corrected chi connectivity index (χ3v) is 19.7. The lowest BCUT2D eigenvalue weighted by Gasteiger charge is -2.49. The molecular formula is C95H164N16O37S2. The maximum absolute atomic E-state index is 14.5. The molecule has 1 aliphatic carbocycles. The third kappa shape index (κ3) is 53.4. The summed E-state index contributed by atoms with van der Waals surface area (Å²) in [6.45, 7) is 53.5. The SMILES string of the molecule is CC(C)(C)OC(=O)N=C(NC(=O)OC(C)(C)C)NC1C[C@@H](C/C(=N/C(=O)OC(C)(C)C)NC(=O)OC(C)(C)C)C(O)[C@@H](O[C@@H]2O[C@H](CSCCOCCS)C(OC3OC(CC/C(=N/C(=O)OC(C)(C)C)NC(=O)OC(C)(C)C)[C@@H](O)C(O)[C@H]3N/C(=N\C(=O)OC(C)(C)C)NC(=O)OC(C)(C)C)[C@@H]2O)[C@@H]1O[C@H]1OC(CN/C(=N\C(=O)OC(C)(C)C)NC(=O)OC(C)(C)C)[C@@H](O)[C@H](O)C1N/C(=N\C(=O)OC(C)(C)C)NC(=O)OC(C)(C)C. The molecule has 858 valence electrons. The Morgan fingerprint density at radius 1 is 0.320 bits per heavy atom. The fourth-order valence-corrected chi connectivity index (χ4v) is 14.5. The number of carbonyl (C=O) groups is 12. The van der Waals surface area contributed by atoms with E-state index in [1.165, 1.54) is 208 Å². The fraction of sp³-hybridized carbons (Fsp3) is 0.811. The van der Waals surface area contributed by atoms with Crippen LogP contribution >= 0.6 is 24.4 Å². The molecule has 0 aromatic rings. The van der Waals surface area contributed by atoms with Crippen molar-refractivity contribution in [3.63, 3.8) is 0 Å². The average Bonchev–Trinajstić information content (AvgIpc) is 1.26. The van der Waals surface area contributed by atoms with Gasteiger partial charge in [0.05, 0.1) is 37.6 Å². The molecule has 0 aromatic carbocycles. The predicted molar refractivity (Wildman–Crippen MR) is 548 cm³/mol. The number of aliphatic hydroxyl groups is 6. The van der Waals surface area contributed by atoms with E-state index < -0.39 is 324 Å². The number of thiol groups is 1. The van der Waals surface area contributed by atoms with Gasteiger partial charge < -0.3 is 142 Å². The van der Waals surface area contributed by atoms with E-state index in [0.717, 1.165) is 11.8 Å². The van der Waals surface area contributed by atoms with Crippen molar-refractivity contribution in [2.75, 3.05) is 37.0 Å². The standard InChI is InChI=1S/C95H164N16O37S2/c1-84(2,3)137-72(118)98-52(99-73(119)138-85(4,5)6)38-37-49-57(113)59(115)54(102-70(108-80(126)145-92(25,26)27)109-81(127)146-93(28,29)30)65(131-49)135-63-51(46-150-42-40-130-39-41-149)133-67(61(63)117)136-64-56(112)47(44-53(100-74(120)139-86(7,8)9)101-75(121)140-87(10,11)12)43-48(97-69(106-78(124)143-90(19,20)21)107-79(125)144-91(22,23)24)62(64)134-66-55(103-71(110-82(128)147-94(31,32)33)111-83(129)148-95(34,35)36)60(116)58(114)50(132-66)45-96-68(104-76(122)141-88(13,14)15)105-77(123)142-89(16,17)18/h47-51,54-67,112-117,149H,37-46H2,1-36H3,(H,98,99,118,119)(H,100,101,120,121)(H2,96,104,105,122,123)(H2,97,106,107,124,125)(H2,102,108,109,126,127)(H2,103,110,111,128,129)/t47-,48?,49?,50?,51+,54+,55?,56?,57+,58+,59?,60+,61-,62+,63?,64+,65?,66+,67-/m0/s1. The Bertz CT molecular complexity index is 4720. The molecule has 4 fully saturated rings. The second-order valence-corrected chi connectivity index (χ2v) is 48.7. The molecule has 4 aliphatic rings. The molecule has 8 unspecified atom stereocenters. The Hall–Kier alpha value is -10.2. The van der Waals surface area contributed by atoms with Crippen molar-refractivity contribution < 1.29 is 178 Å². The van der Waals surface area contributed by atoms with Crippen molar-refractivity contribution in [1.29, 1.82) is 0 Å². The Morgan fingerprint density at radius 3 is 0.987 bits per heavy atom. The van der Waals surface area contributed by atoms with Crippen molar-refractivity contribution in [1.82, 2.24) is 53.2 Å². The number of alkyl carbamates (subject to hydrolysis) is 6. The van der Waals surface area contributed by atoms with Crippen LogP contribution in [0.4, 0.5) is 57.5 Å². The smallest absolute Gasteiger partial charge is 0.437 e. The van der Waals surface area contributed by atoms with Crippen LogP contribution in [-0.2, 0) is 90.0 Å². The van der Waals surface area contributed by atoms with Crippen LogP contribution in [0.2, 0.25) is 0 Å². The van der Waals surface area contributed by atoms with Crippen molar-refractivity contribution >= 4 is 133 Å². The van der Waals surface area contributed by atoms with Gasteiger partial charge in [-0.15, -0.1) is 20.0 Å². The number of guanidine groups is 4. The monoisotopic (exact) mass is 2190 g/mol. The minimum atomic E-state index is -2.43. The Kier molecular flexibility index (Phi) is 48.5. The second kappa shape index (κ2) is 55.1. The lowest BCUT2D eigenvalue weighted by atomic mass is 9.77. The molecule has 4 rings (SSSR count). The number of aliphatic imine (C=N–C) groups is 6. The number of hydrogen-bond donors (Lipinski definition) is 17. The zero-order valence-corrected chi connectivity index (χ0v) is 94.6. The van der Waals surface area contributed by atoms with Gasteiger partial charge in [0.15, 0.2) is 18.9 Å². The lowest BCUT2D eigenvalue weighted by molar-refractivity contribution is -0.312. The number of nitrogens with zero attached hydrogens (tertiary/aromatic N) is 6. The molecule has 53 nitrogen and oxygen atoms in total. The third-order valence-electron chi connectivity index (χ3n) is 18.5. The lowest BCUT2D eigenvalue weighted by Crippen LogP contribution is -2.70. The number of rotatable bonds is 23. The number of hydrogen-bond acceptors (Lipinski definition) is 39. The molecule has 3 saturated heterocycles. The molecule has 0 aromatic heterocycles. The van der Waals surface area contributed by atoms with Crippen LogP contribution in [-0.4, -0.2) is 354 Å². The molecule has 55 heteroatoms. The molecule has 12 amide bonds. The molecule has 0 bridgehead atoms. The van der Waals surface area contributed by atoms with Gasteiger partial charge in [0.1, 0.15) is 146 Å². The topological polar surface area (TPSA) is 696 Å². The molecule has 0 radical (unpaired) electrons. The Labute approximate surface area is 885 Å². The van der Waals surface area contributed by atoms with Gasteiger partial charge in [-0.2, -0.15) is 34.4 Å². The maximum Gasteiger partial charge on any atom is 0.437 e. The van der Waals surface area contributed by atoms with E-state index in [1.54, 1.807) is 41.5 Å². The summed E-state index contributed by atoms with van der Waals surface area (Å²) in [7, 11) is 0. The first kappa shape index (κ1) is 132. The molecule has 1 saturated carbocycles. The first-order valence-corrected chi connectivity index (χ1v) is 50.5. The molecule has 3 heterocycles. The molecule has 3 aliphatic heterocycles. The number of amides is 12. The van der Waals surface area contributed by atoms with Crippen LogP contribution in [0.3, 0.4) is 0 Å². The minimum Gasteiger partial charge on any atom is -0.444 e. The number of amidine groups is 2. The zero-order valence-electron chi connectivity index (χ0n) is 92.9. The van der Waals surface area contributed by atoms with Crippen molar-refractivity contribution in [3.8, 4) is 0 Å². The van der Waals surface area contributed by atoms with Gasteiger partial charge in [-0.25, -0.2) is 57.5 Å². The van der Waals surface area contributed by atoms with Crippen molar-refractivity contribution in [2.45, 2.75) is 452 Å². The van der Waals surface area contributed by atoms with Gasteiger partial charge >= 0.3 is 73.1 Å². The predicted octanol–water partition coefficient (Wildman–Crippen LogP) is 9.80. The second-order valence-electron chi connectivity index (χ2n) is 47.1. The average molecular weight is 2190 g/mol. The van der Waals surface area contributed by atoms with Crippen LogP contribution in [0, 0.1) is 5.92 Å². The number of aliphatic hydroxyl groups excluding tert-OH is 6. The highest BCUT2D eigenvalue weighted by molar-refractivity contribution is 7.99. The first-order valence-electron chi connectivity index (χ1n) is 48.8. The van der Waals surface area contributed by atoms with Gasteiger partial charge in [0, 0.05) is 36.6 Å². The van der Waals surface area contributed by atoms with Gasteiger partial charge in [-0.3, -0.25) is 31.9 Å². The van der Waals surface area contributed by atoms with E-state index in [-0.39, 0.29) is 30.5 Å². The van der Waals surface area contributed by atoms with Crippen LogP contribution < -0.4 is 53.2 Å². The fourth-order valence-electron chi connectivity index (χ4n) is 13.5. The van der Waals surface area contributed by atoms with Gasteiger partial charge in [-0.05, 0) is 268 Å². The summed E-state index contributed by atoms with van der Waals surface area (Å²) in [4.78, 5) is 192. The van der Waals surface area contributed by atoms with E-state index in [2.05, 4.69) is 95.8 Å². The van der Waals surface area contributed by atoms with Gasteiger partial charge in [0.2, 0.25) is 23.8 Å². The first-order chi connectivity index (χ1) is 68.1. The Balaban J connectivity index is 2.44. The maximum atomic E-state index is 14.5. The summed E-state index contributed by atoms with van der Waals surface area (Å²) in [6, 6.07) is -6.18. The largest absolute Gasteiger partial charge is 0.444 e. The minimum absolute atomic E-state index is 0.0475. The normalized spacial score (nSPS) is 25.0. The van der Waals surface area contributed by atoms with Crippen molar-refractivity contribution in [3.05, 3.63) is 0 Å². The Morgan fingerprint density at radius 2 is 0.620 bits per heavy atom. The zero-order chi connectivity index (χ0) is 115. The summed E-state index contributed by atoms with van der Waals surface area (Å²) in [5.74, 6) is -5.98. The van der Waals surface area contributed by atoms with Crippen LogP contribution in [0.25, 0.3) is 0 Å². The van der Waals surface area contributed by atoms with Gasteiger partial charge in [0.25, 0.3) is 0 Å². The summed E-state index contributed by atoms with van der Waals surface area (Å²) in [5.41, 5.74) is -15.1. The van der Waals surface area contributed by atoms with E-state index in [1.807, 2.05) is 0 Å². The van der Waals surface area contributed by atoms with Crippen LogP contribution in [0.5, 0.6) is 0 Å². The van der Waals surface area contributed by atoms with Gasteiger partial charge in [-0.1, -0.05) is 0 Å². The highest BCUT2D eigenvalue weighted by atomic mass is 32.2. The van der Waals surface area contributed by atoms with Crippen molar-refractivity contribution in [2.24, 2.45) is 35.9 Å². The van der Waals surface area contributed by atoms with Crippen LogP contribution in [0.15, 0.2) is 30.0 Å². The molecule has 0 spiro atoms. The summed E-state index contributed by atoms with van der Waals surface area (Å²) in [6.07, 6.45) is -50.8. The summed E-state index contributed by atoms with van der Waals surface area (Å²) in [5, 5.41) is 104. The number of nitrogens with one attached hydrogen (secondary N) is 10. The van der Waals surface area contributed by atoms with E-state index >= 15 is 0 Å². The molecule has 16 N–H and O–H groups in total.